The van der Waals surface area contributed by atoms with Crippen LogP contribution in [0.2, 0.25) is 44.8 Å². The van der Waals surface area contributed by atoms with E-state index in [-0.39, 0.29) is 12.2 Å². The summed E-state index contributed by atoms with van der Waals surface area (Å²) in [4.78, 5) is 0. The second kappa shape index (κ2) is 7.93. The summed E-state index contributed by atoms with van der Waals surface area (Å²) in [6, 6.07) is 2.32. The Morgan fingerprint density at radius 1 is 1.00 bits per heavy atom. The summed E-state index contributed by atoms with van der Waals surface area (Å²) in [5, 5.41) is 8.65. The minimum Gasteiger partial charge on any atom is -0.413 e. The highest BCUT2D eigenvalue weighted by Gasteiger charge is 2.34. The molecule has 0 aliphatic rings. The van der Waals surface area contributed by atoms with E-state index in [1.165, 1.54) is 6.04 Å². The van der Waals surface area contributed by atoms with Crippen LogP contribution in [0, 0.1) is 0 Å². The van der Waals surface area contributed by atoms with Crippen molar-refractivity contribution in [3.8, 4) is 0 Å². The first-order valence-corrected chi connectivity index (χ1v) is 14.2. The second-order valence-corrected chi connectivity index (χ2v) is 17.5. The third-order valence-corrected chi connectivity index (χ3v) is 7.39. The molecule has 0 spiro atoms. The number of aliphatic hydroxyl groups excluding tert-OH is 1. The molecule has 5 heteroatoms. The fourth-order valence-corrected chi connectivity index (χ4v) is 8.32. The van der Waals surface area contributed by atoms with Crippen LogP contribution in [0.15, 0.2) is 0 Å². The molecule has 0 amide bonds. The highest BCUT2D eigenvalue weighted by Crippen LogP contribution is 2.29. The summed E-state index contributed by atoms with van der Waals surface area (Å²) in [5.41, 5.74) is 0.00610. The van der Waals surface area contributed by atoms with Gasteiger partial charge in [-0.2, -0.15) is 0 Å². The highest BCUT2D eigenvalue weighted by atomic mass is 28.4. The van der Waals surface area contributed by atoms with Crippen molar-refractivity contribution in [3.63, 3.8) is 0 Å². The Labute approximate surface area is 121 Å². The summed E-state index contributed by atoms with van der Waals surface area (Å²) < 4.78 is 11.8. The maximum atomic E-state index is 8.65. The highest BCUT2D eigenvalue weighted by molar-refractivity contribution is 6.76. The molecule has 0 aliphatic carbocycles. The Morgan fingerprint density at radius 2 is 1.58 bits per heavy atom. The summed E-state index contributed by atoms with van der Waals surface area (Å²) in [6.45, 7) is 17.6. The maximum absolute atomic E-state index is 8.65. The first kappa shape index (κ1) is 19.3. The van der Waals surface area contributed by atoms with Gasteiger partial charge in [0.25, 0.3) is 0 Å². The lowest BCUT2D eigenvalue weighted by atomic mass is 10.2. The molecular weight excluding hydrogens is 272 g/mol. The van der Waals surface area contributed by atoms with Crippen molar-refractivity contribution in [2.45, 2.75) is 70.7 Å². The molecule has 0 bridgehead atoms. The van der Waals surface area contributed by atoms with Crippen LogP contribution in [0.1, 0.15) is 20.3 Å². The minimum absolute atomic E-state index is 0.00610. The van der Waals surface area contributed by atoms with E-state index in [1.54, 1.807) is 0 Å². The Bertz CT molecular complexity index is 248. The zero-order valence-corrected chi connectivity index (χ0v) is 16.0. The van der Waals surface area contributed by atoms with Crippen molar-refractivity contribution in [1.82, 2.24) is 0 Å². The number of hydrogen-bond acceptors (Lipinski definition) is 3. The van der Waals surface area contributed by atoms with Gasteiger partial charge in [0, 0.05) is 20.3 Å². The maximum Gasteiger partial charge on any atom is 0.187 e. The van der Waals surface area contributed by atoms with Crippen LogP contribution in [0.5, 0.6) is 0 Å². The Morgan fingerprint density at radius 3 is 2.05 bits per heavy atom. The average molecular weight is 307 g/mol. The van der Waals surface area contributed by atoms with Crippen molar-refractivity contribution < 1.29 is 14.3 Å². The van der Waals surface area contributed by atoms with Crippen LogP contribution in [0.3, 0.4) is 0 Å². The lowest BCUT2D eigenvalue weighted by molar-refractivity contribution is 0.0893. The number of ether oxygens (including phenoxy) is 1. The summed E-state index contributed by atoms with van der Waals surface area (Å²) in [6.07, 6.45) is 1.03. The summed E-state index contributed by atoms with van der Waals surface area (Å²) in [5.74, 6) is 0. The molecule has 0 aromatic heterocycles. The van der Waals surface area contributed by atoms with E-state index in [0.717, 1.165) is 19.1 Å². The van der Waals surface area contributed by atoms with E-state index in [4.69, 9.17) is 14.3 Å². The van der Waals surface area contributed by atoms with Gasteiger partial charge in [0.15, 0.2) is 8.32 Å². The van der Waals surface area contributed by atoms with Gasteiger partial charge < -0.3 is 14.3 Å². The quantitative estimate of drug-likeness (QED) is 0.494. The van der Waals surface area contributed by atoms with Gasteiger partial charge >= 0.3 is 0 Å². The standard InChI is InChI=1S/C14H34O3Si2/c1-14(2,13-18(3,4)5)17-19(6,7)12-8-10-16-11-9-15/h15H,8-13H2,1-7H3. The Kier molecular flexibility index (Phi) is 8.06. The van der Waals surface area contributed by atoms with E-state index in [1.807, 2.05) is 0 Å². The smallest absolute Gasteiger partial charge is 0.187 e. The Hall–Kier alpha value is 0.314. The third-order valence-electron chi connectivity index (χ3n) is 2.81. The first-order chi connectivity index (χ1) is 8.47. The molecule has 0 rings (SSSR count). The van der Waals surface area contributed by atoms with E-state index in [0.29, 0.717) is 6.61 Å². The van der Waals surface area contributed by atoms with Crippen LogP contribution in [-0.4, -0.2) is 46.9 Å². The molecule has 116 valence electrons. The molecule has 0 aromatic rings. The second-order valence-electron chi connectivity index (χ2n) is 7.80. The normalized spacial score (nSPS) is 13.9. The topological polar surface area (TPSA) is 38.7 Å². The van der Waals surface area contributed by atoms with Crippen molar-refractivity contribution in [3.05, 3.63) is 0 Å². The fourth-order valence-electron chi connectivity index (χ4n) is 2.88. The van der Waals surface area contributed by atoms with Crippen molar-refractivity contribution in [1.29, 1.82) is 0 Å². The molecule has 0 saturated carbocycles. The monoisotopic (exact) mass is 306 g/mol. The van der Waals surface area contributed by atoms with Gasteiger partial charge in [0.2, 0.25) is 0 Å². The largest absolute Gasteiger partial charge is 0.413 e. The third kappa shape index (κ3) is 11.8. The molecule has 0 atom stereocenters. The van der Waals surface area contributed by atoms with Crippen LogP contribution in [0.25, 0.3) is 0 Å². The molecule has 0 heterocycles. The molecular formula is C14H34O3Si2. The lowest BCUT2D eigenvalue weighted by Crippen LogP contribution is -2.44. The average Bonchev–Trinajstić information content (AvgIpc) is 2.10. The molecule has 0 fully saturated rings. The molecule has 0 unspecified atom stereocenters. The van der Waals surface area contributed by atoms with Crippen LogP contribution < -0.4 is 0 Å². The molecule has 3 nitrogen and oxygen atoms in total. The van der Waals surface area contributed by atoms with E-state index in [2.05, 4.69) is 46.6 Å². The lowest BCUT2D eigenvalue weighted by Gasteiger charge is -2.38. The van der Waals surface area contributed by atoms with Crippen molar-refractivity contribution in [2.24, 2.45) is 0 Å². The van der Waals surface area contributed by atoms with E-state index >= 15 is 0 Å². The number of rotatable bonds is 10. The molecule has 0 aromatic carbocycles. The number of hydrogen-bond donors (Lipinski definition) is 1. The first-order valence-electron chi connectivity index (χ1n) is 7.36. The number of aliphatic hydroxyl groups is 1. The molecule has 0 saturated heterocycles. The van der Waals surface area contributed by atoms with Gasteiger partial charge in [-0.3, -0.25) is 0 Å². The zero-order chi connectivity index (χ0) is 15.2. The van der Waals surface area contributed by atoms with Gasteiger partial charge in [0.1, 0.15) is 0 Å². The van der Waals surface area contributed by atoms with E-state index < -0.39 is 16.4 Å². The summed E-state index contributed by atoms with van der Waals surface area (Å²) >= 11 is 0. The molecule has 0 radical (unpaired) electrons. The minimum atomic E-state index is -1.62. The van der Waals surface area contributed by atoms with Crippen molar-refractivity contribution >= 4 is 16.4 Å². The molecule has 0 aliphatic heterocycles. The SMILES string of the molecule is CC(C)(C[Si](C)(C)C)O[Si](C)(C)CCCOCCO. The van der Waals surface area contributed by atoms with Crippen molar-refractivity contribution in [2.75, 3.05) is 19.8 Å². The van der Waals surface area contributed by atoms with E-state index in [9.17, 15) is 0 Å². The predicted octanol–water partition coefficient (Wildman–Crippen LogP) is 3.72. The van der Waals surface area contributed by atoms with Gasteiger partial charge in [0.05, 0.1) is 13.2 Å². The fraction of sp³-hybridized carbons (Fsp3) is 1.00. The molecule has 19 heavy (non-hydrogen) atoms. The van der Waals surface area contributed by atoms with Crippen LogP contribution in [-0.2, 0) is 9.16 Å². The van der Waals surface area contributed by atoms with Crippen LogP contribution in [0.4, 0.5) is 0 Å². The molecule has 1 N–H and O–H groups in total. The summed E-state index contributed by atoms with van der Waals surface area (Å²) in [7, 11) is -2.72. The zero-order valence-electron chi connectivity index (χ0n) is 14.0. The predicted molar refractivity (Wildman–Crippen MR) is 88.1 cm³/mol. The van der Waals surface area contributed by atoms with Gasteiger partial charge in [-0.05, 0) is 45.5 Å². The van der Waals surface area contributed by atoms with Gasteiger partial charge in [-0.25, -0.2) is 0 Å². The van der Waals surface area contributed by atoms with Gasteiger partial charge in [-0.15, -0.1) is 0 Å². The Balaban J connectivity index is 4.12. The van der Waals surface area contributed by atoms with Gasteiger partial charge in [-0.1, -0.05) is 19.6 Å². The van der Waals surface area contributed by atoms with Crippen LogP contribution >= 0.6 is 0 Å².